The minimum Gasteiger partial charge on any atom is -0.493 e. The van der Waals surface area contributed by atoms with Crippen molar-refractivity contribution in [2.75, 3.05) is 32.8 Å². The fraction of sp³-hybridized carbons (Fsp3) is 0.632. The van der Waals surface area contributed by atoms with Gasteiger partial charge in [0.25, 0.3) is 5.91 Å². The fourth-order valence-corrected chi connectivity index (χ4v) is 4.20. The number of amides is 1. The van der Waals surface area contributed by atoms with Crippen LogP contribution in [0.25, 0.3) is 0 Å². The van der Waals surface area contributed by atoms with Gasteiger partial charge in [-0.1, -0.05) is 12.1 Å². The number of nitrogens with zero attached hydrogens (tertiary/aromatic N) is 2. The van der Waals surface area contributed by atoms with E-state index in [0.29, 0.717) is 13.0 Å². The second kappa shape index (κ2) is 6.36. The summed E-state index contributed by atoms with van der Waals surface area (Å²) in [6, 6.07) is 6.24. The Balaban J connectivity index is 1.43. The van der Waals surface area contributed by atoms with Crippen molar-refractivity contribution in [1.29, 1.82) is 0 Å². The van der Waals surface area contributed by atoms with Crippen LogP contribution < -0.4 is 4.74 Å². The summed E-state index contributed by atoms with van der Waals surface area (Å²) in [4.78, 5) is 16.4. The van der Waals surface area contributed by atoms with Crippen LogP contribution in [0.1, 0.15) is 36.8 Å². The zero-order chi connectivity index (χ0) is 16.6. The molecule has 3 heterocycles. The van der Waals surface area contributed by atoms with Crippen LogP contribution in [0.4, 0.5) is 4.39 Å². The van der Waals surface area contributed by atoms with Crippen LogP contribution in [0.15, 0.2) is 18.2 Å². The third kappa shape index (κ3) is 3.02. The second-order valence-corrected chi connectivity index (χ2v) is 7.32. The molecule has 5 heteroatoms. The van der Waals surface area contributed by atoms with E-state index in [9.17, 15) is 4.79 Å². The summed E-state index contributed by atoms with van der Waals surface area (Å²) in [5, 5.41) is 0. The van der Waals surface area contributed by atoms with Gasteiger partial charge in [0, 0.05) is 32.6 Å². The molecule has 1 aromatic rings. The minimum atomic E-state index is -1.71. The lowest BCUT2D eigenvalue weighted by Crippen LogP contribution is -2.54. The van der Waals surface area contributed by atoms with Crippen molar-refractivity contribution < 1.29 is 13.9 Å². The Morgan fingerprint density at radius 3 is 2.88 bits per heavy atom. The third-order valence-corrected chi connectivity index (χ3v) is 5.46. The van der Waals surface area contributed by atoms with E-state index in [0.717, 1.165) is 57.7 Å². The summed E-state index contributed by atoms with van der Waals surface area (Å²) >= 11 is 0. The van der Waals surface area contributed by atoms with E-state index in [2.05, 4.69) is 17.0 Å². The first-order chi connectivity index (χ1) is 11.6. The lowest BCUT2D eigenvalue weighted by molar-refractivity contribution is -0.147. The summed E-state index contributed by atoms with van der Waals surface area (Å²) in [6.07, 6.45) is 4.05. The number of halogens is 1. The molecule has 3 aliphatic rings. The Labute approximate surface area is 142 Å². The smallest absolute Gasteiger partial charge is 0.261 e. The lowest BCUT2D eigenvalue weighted by Gasteiger charge is -2.38. The average Bonchev–Trinajstić information content (AvgIpc) is 3.25. The van der Waals surface area contributed by atoms with Gasteiger partial charge in [-0.25, -0.2) is 4.39 Å². The number of carbonyl (C=O) groups is 1. The topological polar surface area (TPSA) is 32.8 Å². The number of alkyl halides is 1. The zero-order valence-electron chi connectivity index (χ0n) is 14.1. The van der Waals surface area contributed by atoms with Crippen molar-refractivity contribution in [3.8, 4) is 5.75 Å². The van der Waals surface area contributed by atoms with Crippen LogP contribution in [0.2, 0.25) is 0 Å². The van der Waals surface area contributed by atoms with Gasteiger partial charge >= 0.3 is 0 Å². The highest BCUT2D eigenvalue weighted by Gasteiger charge is 2.45. The van der Waals surface area contributed by atoms with E-state index in [4.69, 9.17) is 4.74 Å². The molecule has 0 radical (unpaired) electrons. The van der Waals surface area contributed by atoms with Gasteiger partial charge in [0.05, 0.1) is 6.61 Å². The Kier molecular flexibility index (Phi) is 4.21. The van der Waals surface area contributed by atoms with E-state index in [1.807, 2.05) is 6.07 Å². The van der Waals surface area contributed by atoms with Gasteiger partial charge in [-0.2, -0.15) is 0 Å². The van der Waals surface area contributed by atoms with Crippen LogP contribution in [0.3, 0.4) is 0 Å². The minimum absolute atomic E-state index is 0.218. The number of hydrogen-bond acceptors (Lipinski definition) is 3. The first kappa shape index (κ1) is 15.9. The highest BCUT2D eigenvalue weighted by Crippen LogP contribution is 2.31. The lowest BCUT2D eigenvalue weighted by atomic mass is 9.92. The highest BCUT2D eigenvalue weighted by atomic mass is 19.1. The molecule has 2 saturated heterocycles. The van der Waals surface area contributed by atoms with Crippen molar-refractivity contribution >= 4 is 5.91 Å². The number of carbonyl (C=O) groups excluding carboxylic acids is 1. The molecule has 2 fully saturated rings. The standard InChI is InChI=1S/C19H25FN2O2/c20-19(18(23)22-9-1-2-10-22)7-3-8-21(14-19)13-15-4-5-17-16(12-15)6-11-24-17/h4-5,12H,1-3,6-11,13-14H2. The molecule has 3 aliphatic heterocycles. The van der Waals surface area contributed by atoms with Gasteiger partial charge in [0.2, 0.25) is 5.67 Å². The van der Waals surface area contributed by atoms with E-state index >= 15 is 4.39 Å². The van der Waals surface area contributed by atoms with Gasteiger partial charge in [0.1, 0.15) is 5.75 Å². The van der Waals surface area contributed by atoms with Crippen LogP contribution in [0, 0.1) is 0 Å². The Bertz CT molecular complexity index is 630. The molecule has 0 aromatic heterocycles. The number of ether oxygens (including phenoxy) is 1. The molecule has 4 nitrogen and oxygen atoms in total. The number of benzene rings is 1. The van der Waals surface area contributed by atoms with Gasteiger partial charge in [0.15, 0.2) is 0 Å². The van der Waals surface area contributed by atoms with Crippen molar-refractivity contribution in [2.24, 2.45) is 0 Å². The van der Waals surface area contributed by atoms with E-state index in [1.165, 1.54) is 11.1 Å². The fourth-order valence-electron chi connectivity index (χ4n) is 4.20. The van der Waals surface area contributed by atoms with Gasteiger partial charge in [-0.15, -0.1) is 0 Å². The summed E-state index contributed by atoms with van der Waals surface area (Å²) in [7, 11) is 0. The van der Waals surface area contributed by atoms with Crippen LogP contribution in [-0.4, -0.2) is 54.2 Å². The van der Waals surface area contributed by atoms with E-state index in [1.54, 1.807) is 4.90 Å². The van der Waals surface area contributed by atoms with Crippen molar-refractivity contribution in [3.63, 3.8) is 0 Å². The molecule has 24 heavy (non-hydrogen) atoms. The van der Waals surface area contributed by atoms with Crippen molar-refractivity contribution in [2.45, 2.75) is 44.3 Å². The first-order valence-corrected chi connectivity index (χ1v) is 9.09. The number of hydrogen-bond donors (Lipinski definition) is 0. The van der Waals surface area contributed by atoms with Crippen molar-refractivity contribution in [3.05, 3.63) is 29.3 Å². The number of fused-ring (bicyclic) bond motifs is 1. The summed E-state index contributed by atoms with van der Waals surface area (Å²) in [6.45, 7) is 3.96. The molecular formula is C19H25FN2O2. The molecule has 1 aromatic carbocycles. The predicted molar refractivity (Wildman–Crippen MR) is 89.8 cm³/mol. The maximum absolute atomic E-state index is 15.3. The molecule has 0 saturated carbocycles. The highest BCUT2D eigenvalue weighted by molar-refractivity contribution is 5.85. The quantitative estimate of drug-likeness (QED) is 0.853. The first-order valence-electron chi connectivity index (χ1n) is 9.09. The molecule has 0 spiro atoms. The van der Waals surface area contributed by atoms with Crippen LogP contribution in [0.5, 0.6) is 5.75 Å². The van der Waals surface area contributed by atoms with Crippen LogP contribution >= 0.6 is 0 Å². The van der Waals surface area contributed by atoms with Crippen molar-refractivity contribution in [1.82, 2.24) is 9.80 Å². The second-order valence-electron chi connectivity index (χ2n) is 7.32. The Hall–Kier alpha value is -1.62. The molecule has 130 valence electrons. The molecule has 4 rings (SSSR count). The zero-order valence-corrected chi connectivity index (χ0v) is 14.1. The maximum atomic E-state index is 15.3. The summed E-state index contributed by atoms with van der Waals surface area (Å²) < 4.78 is 20.9. The summed E-state index contributed by atoms with van der Waals surface area (Å²) in [5.41, 5.74) is 0.712. The predicted octanol–water partition coefficient (Wildman–Crippen LogP) is 2.55. The number of piperidine rings is 1. The van der Waals surface area contributed by atoms with E-state index in [-0.39, 0.29) is 12.5 Å². The third-order valence-electron chi connectivity index (χ3n) is 5.46. The molecular weight excluding hydrogens is 307 g/mol. The normalized spacial score (nSPS) is 27.1. The molecule has 1 amide bonds. The number of likely N-dealkylation sites (tertiary alicyclic amines) is 2. The van der Waals surface area contributed by atoms with Gasteiger partial charge in [-0.05, 0) is 49.4 Å². The molecule has 0 bridgehead atoms. The Morgan fingerprint density at radius 1 is 1.21 bits per heavy atom. The largest absolute Gasteiger partial charge is 0.493 e. The van der Waals surface area contributed by atoms with E-state index < -0.39 is 5.67 Å². The molecule has 0 N–H and O–H groups in total. The molecule has 1 unspecified atom stereocenters. The maximum Gasteiger partial charge on any atom is 0.261 e. The van der Waals surface area contributed by atoms with Crippen LogP contribution in [-0.2, 0) is 17.8 Å². The molecule has 1 atom stereocenters. The summed E-state index contributed by atoms with van der Waals surface area (Å²) in [5.74, 6) is 0.688. The molecule has 0 aliphatic carbocycles. The number of rotatable bonds is 3. The van der Waals surface area contributed by atoms with Gasteiger partial charge in [-0.3, -0.25) is 9.69 Å². The van der Waals surface area contributed by atoms with Gasteiger partial charge < -0.3 is 9.64 Å². The Morgan fingerprint density at radius 2 is 2.04 bits per heavy atom. The SMILES string of the molecule is O=C(N1CCCC1)C1(F)CCCN(Cc2ccc3c(c2)CCO3)C1. The monoisotopic (exact) mass is 332 g/mol. The average molecular weight is 332 g/mol.